The summed E-state index contributed by atoms with van der Waals surface area (Å²) in [5, 5.41) is 19.4. The Morgan fingerprint density at radius 1 is 0.625 bits per heavy atom. The van der Waals surface area contributed by atoms with Crippen LogP contribution in [0.3, 0.4) is 0 Å². The maximum absolute atomic E-state index is 12.2. The van der Waals surface area contributed by atoms with Crippen molar-refractivity contribution >= 4 is 23.9 Å². The van der Waals surface area contributed by atoms with E-state index in [2.05, 4.69) is 0 Å². The fourth-order valence-electron chi connectivity index (χ4n) is 6.63. The SMILES string of the molecule is CCOC(=O)[C@@](C)(CO)C[C@H]1CCc2cc(CC(=O)OC(C)(C)C)ccc2O1.CCOC(=O)[C@](C)(CO)C[C@H]1CCc2cc(CC(=O)OC(C)(C)C)ccc2O1. The lowest BCUT2D eigenvalue weighted by Crippen LogP contribution is -2.39. The Labute approximate surface area is 332 Å². The van der Waals surface area contributed by atoms with E-state index in [0.717, 1.165) is 59.4 Å². The highest BCUT2D eigenvalue weighted by atomic mass is 16.6. The molecular formula is C44H64O12. The summed E-state index contributed by atoms with van der Waals surface area (Å²) >= 11 is 0. The van der Waals surface area contributed by atoms with Crippen molar-refractivity contribution in [2.24, 2.45) is 10.8 Å². The van der Waals surface area contributed by atoms with Gasteiger partial charge in [0, 0.05) is 12.8 Å². The molecule has 12 heteroatoms. The van der Waals surface area contributed by atoms with Crippen molar-refractivity contribution in [1.82, 2.24) is 0 Å². The van der Waals surface area contributed by atoms with Gasteiger partial charge in [-0.25, -0.2) is 0 Å². The fraction of sp³-hybridized carbons (Fsp3) is 0.636. The average molecular weight is 785 g/mol. The summed E-state index contributed by atoms with van der Waals surface area (Å²) in [6.45, 7) is 18.0. The highest BCUT2D eigenvalue weighted by molar-refractivity contribution is 5.77. The number of rotatable bonds is 14. The van der Waals surface area contributed by atoms with Gasteiger partial charge in [0.25, 0.3) is 0 Å². The lowest BCUT2D eigenvalue weighted by Gasteiger charge is -2.33. The number of carbonyl (C=O) groups is 4. The molecule has 0 saturated carbocycles. The number of esters is 4. The van der Waals surface area contributed by atoms with Crippen molar-refractivity contribution in [3.05, 3.63) is 58.7 Å². The van der Waals surface area contributed by atoms with Crippen molar-refractivity contribution in [3.63, 3.8) is 0 Å². The summed E-state index contributed by atoms with van der Waals surface area (Å²) in [6.07, 6.45) is 3.91. The standard InChI is InChI=1S/2C22H32O6/c2*1-6-26-20(25)22(5,14-23)13-17-9-8-16-11-15(7-10-18(16)27-17)12-19(24)28-21(2,3)4/h2*7,10-11,17,23H,6,8-9,12-14H2,1-5H3/t17-,22+;17-,22-/m11/s1. The molecule has 2 aromatic carbocycles. The molecule has 2 heterocycles. The predicted molar refractivity (Wildman–Crippen MR) is 210 cm³/mol. The third-order valence-electron chi connectivity index (χ3n) is 9.44. The van der Waals surface area contributed by atoms with Gasteiger partial charge in [-0.1, -0.05) is 24.3 Å². The first-order chi connectivity index (χ1) is 26.1. The Morgan fingerprint density at radius 3 is 1.29 bits per heavy atom. The van der Waals surface area contributed by atoms with Crippen LogP contribution in [0.15, 0.2) is 36.4 Å². The lowest BCUT2D eigenvalue weighted by atomic mass is 9.83. The Morgan fingerprint density at radius 2 is 0.982 bits per heavy atom. The topological polar surface area (TPSA) is 164 Å². The number of carbonyl (C=O) groups excluding carboxylic acids is 4. The molecule has 0 radical (unpaired) electrons. The molecule has 4 atom stereocenters. The molecule has 2 aromatic rings. The van der Waals surface area contributed by atoms with Crippen LogP contribution < -0.4 is 9.47 Å². The number of benzene rings is 2. The highest BCUT2D eigenvalue weighted by Crippen LogP contribution is 2.36. The van der Waals surface area contributed by atoms with E-state index in [1.165, 1.54) is 0 Å². The van der Waals surface area contributed by atoms with Gasteiger partial charge < -0.3 is 38.6 Å². The number of hydrogen-bond acceptors (Lipinski definition) is 12. The summed E-state index contributed by atoms with van der Waals surface area (Å²) in [5.41, 5.74) is 0.908. The second kappa shape index (κ2) is 19.8. The van der Waals surface area contributed by atoms with Crippen LogP contribution in [0.2, 0.25) is 0 Å². The van der Waals surface area contributed by atoms with Gasteiger partial charge in [0.1, 0.15) is 34.9 Å². The van der Waals surface area contributed by atoms with Gasteiger partial charge in [0.2, 0.25) is 0 Å². The number of hydrogen-bond donors (Lipinski definition) is 2. The minimum absolute atomic E-state index is 0.175. The van der Waals surface area contributed by atoms with Crippen LogP contribution in [0.5, 0.6) is 11.5 Å². The maximum atomic E-state index is 12.2. The number of aliphatic hydroxyl groups excluding tert-OH is 2. The minimum atomic E-state index is -0.977. The van der Waals surface area contributed by atoms with Gasteiger partial charge in [0.15, 0.2) is 0 Å². The summed E-state index contributed by atoms with van der Waals surface area (Å²) in [7, 11) is 0. The quantitative estimate of drug-likeness (QED) is 0.160. The van der Waals surface area contributed by atoms with E-state index < -0.39 is 34.0 Å². The molecular weight excluding hydrogens is 720 g/mol. The molecule has 0 saturated heterocycles. The fourth-order valence-corrected chi connectivity index (χ4v) is 6.63. The van der Waals surface area contributed by atoms with Gasteiger partial charge in [-0.15, -0.1) is 0 Å². The third kappa shape index (κ3) is 14.1. The van der Waals surface area contributed by atoms with Crippen LogP contribution in [0, 0.1) is 10.8 Å². The van der Waals surface area contributed by atoms with Gasteiger partial charge in [-0.2, -0.15) is 0 Å². The summed E-state index contributed by atoms with van der Waals surface area (Å²) < 4.78 is 33.1. The molecule has 4 rings (SSSR count). The minimum Gasteiger partial charge on any atom is -0.490 e. The van der Waals surface area contributed by atoms with Crippen LogP contribution >= 0.6 is 0 Å². The van der Waals surface area contributed by atoms with Crippen LogP contribution in [-0.2, 0) is 63.8 Å². The van der Waals surface area contributed by atoms with Crippen molar-refractivity contribution < 1.29 is 57.8 Å². The highest BCUT2D eigenvalue weighted by Gasteiger charge is 2.40. The van der Waals surface area contributed by atoms with Gasteiger partial charge in [-0.3, -0.25) is 19.2 Å². The second-order valence-corrected chi connectivity index (χ2v) is 17.3. The maximum Gasteiger partial charge on any atom is 0.314 e. The molecule has 56 heavy (non-hydrogen) atoms. The molecule has 2 N–H and O–H groups in total. The average Bonchev–Trinajstić information content (AvgIpc) is 3.10. The molecule has 2 aliphatic rings. The summed E-state index contributed by atoms with van der Waals surface area (Å²) in [6, 6.07) is 11.4. The first kappa shape index (κ1) is 46.2. The summed E-state index contributed by atoms with van der Waals surface area (Å²) in [5.74, 6) is 0.200. The Kier molecular flexibility index (Phi) is 16.4. The van der Waals surface area contributed by atoms with Crippen molar-refractivity contribution in [2.45, 2.75) is 144 Å². The van der Waals surface area contributed by atoms with Crippen LogP contribution in [0.25, 0.3) is 0 Å². The zero-order valence-electron chi connectivity index (χ0n) is 35.1. The molecule has 312 valence electrons. The molecule has 0 fully saturated rings. The van der Waals surface area contributed by atoms with E-state index in [1.807, 2.05) is 77.9 Å². The largest absolute Gasteiger partial charge is 0.490 e. The van der Waals surface area contributed by atoms with Crippen LogP contribution in [0.1, 0.15) is 117 Å². The number of aryl methyl sites for hydroxylation is 2. The lowest BCUT2D eigenvalue weighted by molar-refractivity contribution is -0.159. The molecule has 0 unspecified atom stereocenters. The molecule has 0 spiro atoms. The van der Waals surface area contributed by atoms with Crippen molar-refractivity contribution in [3.8, 4) is 11.5 Å². The second-order valence-electron chi connectivity index (χ2n) is 17.3. The van der Waals surface area contributed by atoms with E-state index in [-0.39, 0.29) is 63.4 Å². The normalized spacial score (nSPS) is 18.4. The molecule has 0 aliphatic carbocycles. The number of aliphatic hydroxyl groups is 2. The number of ether oxygens (including phenoxy) is 6. The van der Waals surface area contributed by atoms with E-state index in [9.17, 15) is 29.4 Å². The van der Waals surface area contributed by atoms with Crippen LogP contribution in [-0.4, -0.2) is 83.9 Å². The Bertz CT molecular complexity index is 1530. The smallest absolute Gasteiger partial charge is 0.314 e. The van der Waals surface area contributed by atoms with Crippen molar-refractivity contribution in [1.29, 1.82) is 0 Å². The van der Waals surface area contributed by atoms with E-state index in [0.29, 0.717) is 12.8 Å². The summed E-state index contributed by atoms with van der Waals surface area (Å²) in [4.78, 5) is 48.4. The van der Waals surface area contributed by atoms with Gasteiger partial charge in [-0.05, 0) is 129 Å². The Hall–Kier alpha value is -4.16. The molecule has 0 bridgehead atoms. The molecule has 0 amide bonds. The van der Waals surface area contributed by atoms with E-state index in [4.69, 9.17) is 28.4 Å². The zero-order valence-corrected chi connectivity index (χ0v) is 35.1. The van der Waals surface area contributed by atoms with Crippen molar-refractivity contribution in [2.75, 3.05) is 26.4 Å². The number of fused-ring (bicyclic) bond motifs is 2. The molecule has 2 aliphatic heterocycles. The van der Waals surface area contributed by atoms with E-state index in [1.54, 1.807) is 27.7 Å². The first-order valence-corrected chi connectivity index (χ1v) is 19.7. The monoisotopic (exact) mass is 784 g/mol. The Balaban J connectivity index is 0.000000300. The first-order valence-electron chi connectivity index (χ1n) is 19.7. The van der Waals surface area contributed by atoms with E-state index >= 15 is 0 Å². The van der Waals surface area contributed by atoms with Crippen LogP contribution in [0.4, 0.5) is 0 Å². The van der Waals surface area contributed by atoms with Gasteiger partial charge in [0.05, 0.1) is 50.1 Å². The molecule has 12 nitrogen and oxygen atoms in total. The van der Waals surface area contributed by atoms with Gasteiger partial charge >= 0.3 is 23.9 Å². The molecule has 0 aromatic heterocycles. The third-order valence-corrected chi connectivity index (χ3v) is 9.44. The predicted octanol–water partition coefficient (Wildman–Crippen LogP) is 6.43. The zero-order chi connectivity index (χ0) is 41.9.